The first-order valence-corrected chi connectivity index (χ1v) is 6.72. The van der Waals surface area contributed by atoms with Crippen LogP contribution in [0.3, 0.4) is 0 Å². The maximum absolute atomic E-state index is 12.0. The topological polar surface area (TPSA) is 65.8 Å². The van der Waals surface area contributed by atoms with Crippen molar-refractivity contribution < 1.29 is 4.79 Å². The van der Waals surface area contributed by atoms with E-state index in [1.165, 1.54) is 11.3 Å². The van der Waals surface area contributed by atoms with Crippen molar-refractivity contribution in [3.05, 3.63) is 52.0 Å². The van der Waals surface area contributed by atoms with Crippen molar-refractivity contribution in [3.8, 4) is 6.07 Å². The van der Waals surface area contributed by atoms with E-state index in [2.05, 4.69) is 10.3 Å². The van der Waals surface area contributed by atoms with E-state index in [1.807, 2.05) is 36.6 Å². The molecule has 1 unspecified atom stereocenters. The van der Waals surface area contributed by atoms with Gasteiger partial charge in [0.1, 0.15) is 10.9 Å². The number of aryl methyl sites for hydroxylation is 1. The third-order valence-corrected chi connectivity index (χ3v) is 3.57. The van der Waals surface area contributed by atoms with Gasteiger partial charge in [-0.2, -0.15) is 5.26 Å². The number of nitrogens with one attached hydrogen (secondary N) is 1. The van der Waals surface area contributed by atoms with Gasteiger partial charge in [0.05, 0.1) is 12.6 Å². The quantitative estimate of drug-likeness (QED) is 0.928. The van der Waals surface area contributed by atoms with E-state index in [-0.39, 0.29) is 5.91 Å². The Hall–Kier alpha value is -2.19. The molecule has 1 amide bonds. The molecule has 0 saturated carbocycles. The van der Waals surface area contributed by atoms with Crippen LogP contribution in [0.1, 0.15) is 22.2 Å². The van der Waals surface area contributed by atoms with Gasteiger partial charge in [-0.25, -0.2) is 4.98 Å². The van der Waals surface area contributed by atoms with E-state index in [1.54, 1.807) is 12.1 Å². The zero-order chi connectivity index (χ0) is 13.7. The molecule has 0 aliphatic heterocycles. The Morgan fingerprint density at radius 2 is 2.21 bits per heavy atom. The lowest BCUT2D eigenvalue weighted by Gasteiger charge is -2.09. The van der Waals surface area contributed by atoms with Crippen molar-refractivity contribution in [2.24, 2.45) is 0 Å². The summed E-state index contributed by atoms with van der Waals surface area (Å²) < 4.78 is 0. The van der Waals surface area contributed by atoms with Crippen LogP contribution in [0.25, 0.3) is 0 Å². The Labute approximate surface area is 115 Å². The minimum atomic E-state index is -0.776. The highest BCUT2D eigenvalue weighted by molar-refractivity contribution is 7.09. The average molecular weight is 271 g/mol. The average Bonchev–Trinajstić information content (AvgIpc) is 2.84. The molecule has 4 nitrogen and oxygen atoms in total. The van der Waals surface area contributed by atoms with E-state index in [9.17, 15) is 4.79 Å². The molecule has 19 heavy (non-hydrogen) atoms. The maximum Gasteiger partial charge on any atom is 0.242 e. The van der Waals surface area contributed by atoms with Crippen molar-refractivity contribution >= 4 is 17.2 Å². The Balaban J connectivity index is 2.00. The van der Waals surface area contributed by atoms with Gasteiger partial charge in [0.15, 0.2) is 0 Å². The molecular weight excluding hydrogens is 258 g/mol. The summed E-state index contributed by atoms with van der Waals surface area (Å²) in [4.78, 5) is 16.3. The predicted molar refractivity (Wildman–Crippen MR) is 73.5 cm³/mol. The molecule has 0 spiro atoms. The smallest absolute Gasteiger partial charge is 0.242 e. The van der Waals surface area contributed by atoms with Crippen LogP contribution in [-0.2, 0) is 11.3 Å². The fraction of sp³-hybridized carbons (Fsp3) is 0.214. The molecule has 96 valence electrons. The zero-order valence-electron chi connectivity index (χ0n) is 10.5. The summed E-state index contributed by atoms with van der Waals surface area (Å²) in [7, 11) is 0. The van der Waals surface area contributed by atoms with Gasteiger partial charge in [-0.05, 0) is 12.5 Å². The zero-order valence-corrected chi connectivity index (χ0v) is 11.3. The Kier molecular flexibility index (Phi) is 4.26. The number of benzene rings is 1. The van der Waals surface area contributed by atoms with Crippen LogP contribution in [0, 0.1) is 18.3 Å². The number of nitriles is 1. The summed E-state index contributed by atoms with van der Waals surface area (Å²) in [6, 6.07) is 11.1. The number of nitrogens with zero attached hydrogens (tertiary/aromatic N) is 2. The largest absolute Gasteiger partial charge is 0.348 e. The lowest BCUT2D eigenvalue weighted by atomic mass is 10.00. The van der Waals surface area contributed by atoms with Gasteiger partial charge in [-0.15, -0.1) is 11.3 Å². The molecule has 2 aromatic rings. The molecule has 1 aromatic carbocycles. The van der Waals surface area contributed by atoms with Crippen molar-refractivity contribution in [1.82, 2.24) is 10.3 Å². The minimum Gasteiger partial charge on any atom is -0.348 e. The summed E-state index contributed by atoms with van der Waals surface area (Å²) in [6.45, 7) is 2.27. The van der Waals surface area contributed by atoms with E-state index < -0.39 is 5.92 Å². The lowest BCUT2D eigenvalue weighted by molar-refractivity contribution is -0.121. The van der Waals surface area contributed by atoms with Gasteiger partial charge >= 0.3 is 0 Å². The molecule has 0 fully saturated rings. The summed E-state index contributed by atoms with van der Waals surface area (Å²) in [6.07, 6.45) is 0. The van der Waals surface area contributed by atoms with E-state index in [0.29, 0.717) is 12.1 Å². The number of rotatable bonds is 4. The third-order valence-electron chi connectivity index (χ3n) is 2.60. The number of hydrogen-bond donors (Lipinski definition) is 1. The molecule has 0 bridgehead atoms. The second kappa shape index (κ2) is 6.12. The highest BCUT2D eigenvalue weighted by atomic mass is 32.1. The molecule has 1 aromatic heterocycles. The van der Waals surface area contributed by atoms with Gasteiger partial charge in [0.2, 0.25) is 5.91 Å². The van der Waals surface area contributed by atoms with Gasteiger partial charge in [0.25, 0.3) is 0 Å². The van der Waals surface area contributed by atoms with Crippen molar-refractivity contribution in [3.63, 3.8) is 0 Å². The molecule has 0 radical (unpaired) electrons. The SMILES string of the molecule is Cc1csc(CNC(=O)C(C#N)c2ccccc2)n1. The Morgan fingerprint density at radius 3 is 2.79 bits per heavy atom. The standard InChI is InChI=1S/C14H13N3OS/c1-10-9-19-13(17-10)8-16-14(18)12(7-15)11-5-3-2-4-6-11/h2-6,9,12H,8H2,1H3,(H,16,18). The molecule has 1 N–H and O–H groups in total. The van der Waals surface area contributed by atoms with Gasteiger partial charge in [-0.1, -0.05) is 30.3 Å². The lowest BCUT2D eigenvalue weighted by Crippen LogP contribution is -2.28. The second-order valence-electron chi connectivity index (χ2n) is 4.07. The fourth-order valence-corrected chi connectivity index (χ4v) is 2.39. The van der Waals surface area contributed by atoms with Gasteiger partial charge < -0.3 is 5.32 Å². The first-order chi connectivity index (χ1) is 9.20. The van der Waals surface area contributed by atoms with Crippen LogP contribution in [0.2, 0.25) is 0 Å². The molecule has 0 aliphatic rings. The molecule has 2 rings (SSSR count). The Morgan fingerprint density at radius 1 is 1.47 bits per heavy atom. The summed E-state index contributed by atoms with van der Waals surface area (Å²) >= 11 is 1.50. The van der Waals surface area contributed by atoms with Crippen molar-refractivity contribution in [1.29, 1.82) is 5.26 Å². The van der Waals surface area contributed by atoms with Crippen molar-refractivity contribution in [2.75, 3.05) is 0 Å². The molecule has 0 saturated heterocycles. The Bertz CT molecular complexity index is 601. The summed E-state index contributed by atoms with van der Waals surface area (Å²) in [5, 5.41) is 14.6. The van der Waals surface area contributed by atoms with E-state index in [4.69, 9.17) is 5.26 Å². The van der Waals surface area contributed by atoms with E-state index >= 15 is 0 Å². The summed E-state index contributed by atoms with van der Waals surface area (Å²) in [5.41, 5.74) is 1.65. The van der Waals surface area contributed by atoms with Crippen LogP contribution in [0.4, 0.5) is 0 Å². The molecule has 0 aliphatic carbocycles. The predicted octanol–water partition coefficient (Wildman–Crippen LogP) is 2.38. The molecule has 1 atom stereocenters. The highest BCUT2D eigenvalue weighted by Gasteiger charge is 2.19. The number of carbonyl (C=O) groups is 1. The normalized spacial score (nSPS) is 11.6. The fourth-order valence-electron chi connectivity index (χ4n) is 1.68. The van der Waals surface area contributed by atoms with Crippen LogP contribution in [0.15, 0.2) is 35.7 Å². The van der Waals surface area contributed by atoms with E-state index in [0.717, 1.165) is 10.7 Å². The molecule has 1 heterocycles. The van der Waals surface area contributed by atoms with Gasteiger partial charge in [-0.3, -0.25) is 4.79 Å². The first-order valence-electron chi connectivity index (χ1n) is 5.84. The number of carbonyl (C=O) groups excluding carboxylic acids is 1. The third kappa shape index (κ3) is 3.39. The molecule has 5 heteroatoms. The van der Waals surface area contributed by atoms with Crippen LogP contribution in [-0.4, -0.2) is 10.9 Å². The number of amides is 1. The second-order valence-corrected chi connectivity index (χ2v) is 5.02. The number of hydrogen-bond acceptors (Lipinski definition) is 4. The summed E-state index contributed by atoms with van der Waals surface area (Å²) in [5.74, 6) is -1.07. The van der Waals surface area contributed by atoms with Crippen LogP contribution >= 0.6 is 11.3 Å². The molecular formula is C14H13N3OS. The van der Waals surface area contributed by atoms with Crippen molar-refractivity contribution in [2.45, 2.75) is 19.4 Å². The first kappa shape index (κ1) is 13.2. The van der Waals surface area contributed by atoms with Crippen LogP contribution < -0.4 is 5.32 Å². The number of thiazole rings is 1. The minimum absolute atomic E-state index is 0.290. The number of aromatic nitrogens is 1. The highest BCUT2D eigenvalue weighted by Crippen LogP contribution is 2.15. The monoisotopic (exact) mass is 271 g/mol. The van der Waals surface area contributed by atoms with Crippen LogP contribution in [0.5, 0.6) is 0 Å². The van der Waals surface area contributed by atoms with Gasteiger partial charge in [0, 0.05) is 11.1 Å². The maximum atomic E-state index is 12.0.